The molecule has 3 heteroatoms. The van der Waals surface area contributed by atoms with Crippen LogP contribution in [-0.4, -0.2) is 35.1 Å². The van der Waals surface area contributed by atoms with Crippen LogP contribution in [0.15, 0.2) is 24.3 Å². The van der Waals surface area contributed by atoms with Gasteiger partial charge in [0.05, 0.1) is 5.92 Å². The van der Waals surface area contributed by atoms with E-state index >= 15 is 0 Å². The van der Waals surface area contributed by atoms with Crippen LogP contribution in [0.25, 0.3) is 0 Å². The van der Waals surface area contributed by atoms with Gasteiger partial charge < -0.3 is 5.11 Å². The second kappa shape index (κ2) is 5.57. The minimum Gasteiger partial charge on any atom is -0.481 e. The maximum absolute atomic E-state index is 11.2. The Morgan fingerprint density at radius 1 is 1.35 bits per heavy atom. The first-order valence-electron chi connectivity index (χ1n) is 7.71. The van der Waals surface area contributed by atoms with Crippen LogP contribution in [0, 0.1) is 5.92 Å². The highest BCUT2D eigenvalue weighted by Gasteiger charge is 2.36. The molecule has 108 valence electrons. The maximum Gasteiger partial charge on any atom is 0.308 e. The predicted octanol–water partition coefficient (Wildman–Crippen LogP) is 2.90. The molecule has 0 radical (unpaired) electrons. The average Bonchev–Trinajstić information content (AvgIpc) is 2.81. The molecule has 0 aromatic heterocycles. The SMILES string of the molecule is CC1C(C(=O)O)CCN1CC1CCCc2ccccc21. The third kappa shape index (κ3) is 2.47. The molecule has 20 heavy (non-hydrogen) atoms. The maximum atomic E-state index is 11.2. The summed E-state index contributed by atoms with van der Waals surface area (Å²) >= 11 is 0. The van der Waals surface area contributed by atoms with Gasteiger partial charge in [0.25, 0.3) is 0 Å². The second-order valence-electron chi connectivity index (χ2n) is 6.26. The van der Waals surface area contributed by atoms with Crippen molar-refractivity contribution < 1.29 is 9.90 Å². The van der Waals surface area contributed by atoms with Crippen molar-refractivity contribution in [3.05, 3.63) is 35.4 Å². The van der Waals surface area contributed by atoms with E-state index in [1.165, 1.54) is 30.4 Å². The van der Waals surface area contributed by atoms with Crippen LogP contribution >= 0.6 is 0 Å². The number of nitrogens with zero attached hydrogens (tertiary/aromatic N) is 1. The monoisotopic (exact) mass is 273 g/mol. The van der Waals surface area contributed by atoms with Crippen molar-refractivity contribution in [3.63, 3.8) is 0 Å². The molecular weight excluding hydrogens is 250 g/mol. The zero-order valence-corrected chi connectivity index (χ0v) is 12.1. The van der Waals surface area contributed by atoms with E-state index in [1.807, 2.05) is 0 Å². The summed E-state index contributed by atoms with van der Waals surface area (Å²) in [6, 6.07) is 8.93. The fourth-order valence-electron chi connectivity index (χ4n) is 3.92. The van der Waals surface area contributed by atoms with E-state index < -0.39 is 5.97 Å². The number of rotatable bonds is 3. The lowest BCUT2D eigenvalue weighted by molar-refractivity contribution is -0.142. The van der Waals surface area contributed by atoms with E-state index in [1.54, 1.807) is 0 Å². The topological polar surface area (TPSA) is 40.5 Å². The summed E-state index contributed by atoms with van der Waals surface area (Å²) in [5.41, 5.74) is 2.98. The van der Waals surface area contributed by atoms with Gasteiger partial charge in [-0.2, -0.15) is 0 Å². The average molecular weight is 273 g/mol. The Balaban J connectivity index is 1.72. The van der Waals surface area contributed by atoms with Crippen LogP contribution in [0.1, 0.15) is 43.2 Å². The highest BCUT2D eigenvalue weighted by atomic mass is 16.4. The normalized spacial score (nSPS) is 30.1. The molecular formula is C17H23NO2. The molecule has 0 amide bonds. The molecule has 1 aromatic rings. The highest BCUT2D eigenvalue weighted by molar-refractivity contribution is 5.71. The molecule has 3 rings (SSSR count). The Morgan fingerprint density at radius 2 is 2.15 bits per heavy atom. The Kier molecular flexibility index (Phi) is 3.79. The number of fused-ring (bicyclic) bond motifs is 1. The smallest absolute Gasteiger partial charge is 0.308 e. The number of benzene rings is 1. The number of carboxylic acid groups (broad SMARTS) is 1. The van der Waals surface area contributed by atoms with Gasteiger partial charge in [0.2, 0.25) is 0 Å². The van der Waals surface area contributed by atoms with Crippen molar-refractivity contribution in [2.75, 3.05) is 13.1 Å². The third-order valence-electron chi connectivity index (χ3n) is 5.15. The first-order valence-corrected chi connectivity index (χ1v) is 7.71. The standard InChI is InChI=1S/C17H23NO2/c1-12-15(17(19)20)9-10-18(12)11-14-7-4-6-13-5-2-3-8-16(13)14/h2-3,5,8,12,14-15H,4,6-7,9-11H2,1H3,(H,19,20). The minimum absolute atomic E-state index is 0.168. The molecule has 0 spiro atoms. The van der Waals surface area contributed by atoms with Crippen LogP contribution in [0.4, 0.5) is 0 Å². The van der Waals surface area contributed by atoms with Crippen molar-refractivity contribution in [2.24, 2.45) is 5.92 Å². The fraction of sp³-hybridized carbons (Fsp3) is 0.588. The molecule has 1 heterocycles. The zero-order chi connectivity index (χ0) is 14.1. The van der Waals surface area contributed by atoms with Gasteiger partial charge in [-0.05, 0) is 56.2 Å². The van der Waals surface area contributed by atoms with E-state index in [-0.39, 0.29) is 12.0 Å². The van der Waals surface area contributed by atoms with Gasteiger partial charge in [0.1, 0.15) is 0 Å². The molecule has 0 bridgehead atoms. The number of carbonyl (C=O) groups is 1. The molecule has 3 atom stereocenters. The lowest BCUT2D eigenvalue weighted by Crippen LogP contribution is -2.36. The number of aryl methyl sites for hydroxylation is 1. The number of carboxylic acids is 1. The summed E-state index contributed by atoms with van der Waals surface area (Å²) < 4.78 is 0. The summed E-state index contributed by atoms with van der Waals surface area (Å²) in [6.07, 6.45) is 4.48. The molecule has 2 aliphatic rings. The van der Waals surface area contributed by atoms with Gasteiger partial charge in [0.15, 0.2) is 0 Å². The fourth-order valence-corrected chi connectivity index (χ4v) is 3.92. The van der Waals surface area contributed by atoms with E-state index in [0.29, 0.717) is 5.92 Å². The Labute approximate surface area is 120 Å². The van der Waals surface area contributed by atoms with Gasteiger partial charge in [-0.15, -0.1) is 0 Å². The van der Waals surface area contributed by atoms with Gasteiger partial charge in [-0.3, -0.25) is 9.69 Å². The van der Waals surface area contributed by atoms with Gasteiger partial charge in [-0.25, -0.2) is 0 Å². The van der Waals surface area contributed by atoms with Gasteiger partial charge in [0, 0.05) is 12.6 Å². The molecule has 1 fully saturated rings. The number of aliphatic carboxylic acids is 1. The van der Waals surface area contributed by atoms with Crippen LogP contribution in [0.2, 0.25) is 0 Å². The van der Waals surface area contributed by atoms with Gasteiger partial charge >= 0.3 is 5.97 Å². The summed E-state index contributed by atoms with van der Waals surface area (Å²) in [4.78, 5) is 13.6. The van der Waals surface area contributed by atoms with Crippen LogP contribution in [0.3, 0.4) is 0 Å². The lowest BCUT2D eigenvalue weighted by atomic mass is 9.82. The Bertz CT molecular complexity index is 500. The van der Waals surface area contributed by atoms with Gasteiger partial charge in [-0.1, -0.05) is 24.3 Å². The molecule has 1 saturated heterocycles. The number of hydrogen-bond acceptors (Lipinski definition) is 2. The predicted molar refractivity (Wildman–Crippen MR) is 78.9 cm³/mol. The first kappa shape index (κ1) is 13.6. The van der Waals surface area contributed by atoms with Crippen molar-refractivity contribution in [1.29, 1.82) is 0 Å². The molecule has 3 unspecified atom stereocenters. The van der Waals surface area contributed by atoms with Crippen molar-refractivity contribution in [2.45, 2.75) is 44.6 Å². The number of hydrogen-bond donors (Lipinski definition) is 1. The summed E-state index contributed by atoms with van der Waals surface area (Å²) in [5, 5.41) is 9.24. The molecule has 1 N–H and O–H groups in total. The first-order chi connectivity index (χ1) is 9.66. The summed E-state index contributed by atoms with van der Waals surface area (Å²) in [7, 11) is 0. The molecule has 1 aromatic carbocycles. The van der Waals surface area contributed by atoms with Crippen molar-refractivity contribution in [1.82, 2.24) is 4.90 Å². The summed E-state index contributed by atoms with van der Waals surface area (Å²) in [6.45, 7) is 4.01. The van der Waals surface area contributed by atoms with Crippen molar-refractivity contribution >= 4 is 5.97 Å². The van der Waals surface area contributed by atoms with E-state index in [2.05, 4.69) is 36.1 Å². The summed E-state index contributed by atoms with van der Waals surface area (Å²) in [5.74, 6) is -0.243. The quantitative estimate of drug-likeness (QED) is 0.920. The minimum atomic E-state index is -0.635. The Morgan fingerprint density at radius 3 is 2.90 bits per heavy atom. The van der Waals surface area contributed by atoms with Crippen LogP contribution in [0.5, 0.6) is 0 Å². The zero-order valence-electron chi connectivity index (χ0n) is 12.1. The van der Waals surface area contributed by atoms with Crippen molar-refractivity contribution in [3.8, 4) is 0 Å². The van der Waals surface area contributed by atoms with E-state index in [4.69, 9.17) is 0 Å². The molecule has 3 nitrogen and oxygen atoms in total. The van der Waals surface area contributed by atoms with Crippen LogP contribution in [-0.2, 0) is 11.2 Å². The number of likely N-dealkylation sites (tertiary alicyclic amines) is 1. The third-order valence-corrected chi connectivity index (χ3v) is 5.15. The molecule has 1 aliphatic heterocycles. The van der Waals surface area contributed by atoms with E-state index in [9.17, 15) is 9.90 Å². The second-order valence-corrected chi connectivity index (χ2v) is 6.26. The molecule has 0 saturated carbocycles. The Hall–Kier alpha value is -1.35. The molecule has 1 aliphatic carbocycles. The van der Waals surface area contributed by atoms with Crippen LogP contribution < -0.4 is 0 Å². The van der Waals surface area contributed by atoms with E-state index in [0.717, 1.165) is 19.5 Å². The highest BCUT2D eigenvalue weighted by Crippen LogP contribution is 2.34. The lowest BCUT2D eigenvalue weighted by Gasteiger charge is -2.31. The largest absolute Gasteiger partial charge is 0.481 e.